The first-order valence-electron chi connectivity index (χ1n) is 7.83. The highest BCUT2D eigenvalue weighted by molar-refractivity contribution is 7.98. The second-order valence-electron chi connectivity index (χ2n) is 6.25. The van der Waals surface area contributed by atoms with Gasteiger partial charge in [0.25, 0.3) is 0 Å². The van der Waals surface area contributed by atoms with E-state index in [4.69, 9.17) is 0 Å². The van der Waals surface area contributed by atoms with Crippen LogP contribution < -0.4 is 10.2 Å². The molecule has 1 N–H and O–H groups in total. The van der Waals surface area contributed by atoms with Crippen LogP contribution in [-0.2, 0) is 6.54 Å². The quantitative estimate of drug-likeness (QED) is 0.752. The van der Waals surface area contributed by atoms with Crippen LogP contribution in [0.4, 0.5) is 5.82 Å². The van der Waals surface area contributed by atoms with E-state index in [-0.39, 0.29) is 0 Å². The molecule has 0 fully saturated rings. The minimum absolute atomic E-state index is 0.522. The smallest absolute Gasteiger partial charge is 0.131 e. The van der Waals surface area contributed by atoms with Crippen LogP contribution in [0, 0.1) is 12.8 Å². The first kappa shape index (κ1) is 18.3. The van der Waals surface area contributed by atoms with Crippen molar-refractivity contribution in [2.24, 2.45) is 5.92 Å². The van der Waals surface area contributed by atoms with E-state index in [2.05, 4.69) is 62.3 Å². The van der Waals surface area contributed by atoms with Crippen LogP contribution >= 0.6 is 11.8 Å². The van der Waals surface area contributed by atoms with E-state index in [1.165, 1.54) is 23.3 Å². The predicted molar refractivity (Wildman–Crippen MR) is 96.4 cm³/mol. The summed E-state index contributed by atoms with van der Waals surface area (Å²) in [7, 11) is 2.15. The zero-order valence-electron chi connectivity index (χ0n) is 14.4. The standard InChI is InChI=1S/C17H31N3S/c1-13(2)10-18-11-16-9-14(3)17(19-12-16)20(5)15(4)7-8-21-6/h9,12-13,15,18H,7-8,10-11H2,1-6H3. The molecule has 120 valence electrons. The summed E-state index contributed by atoms with van der Waals surface area (Å²) in [5, 5.41) is 3.47. The average molecular weight is 310 g/mol. The van der Waals surface area contributed by atoms with Crippen molar-refractivity contribution < 1.29 is 0 Å². The van der Waals surface area contributed by atoms with E-state index in [1.807, 2.05) is 18.0 Å². The Kier molecular flexibility index (Phi) is 8.12. The fourth-order valence-electron chi connectivity index (χ4n) is 2.29. The summed E-state index contributed by atoms with van der Waals surface area (Å²) >= 11 is 1.91. The van der Waals surface area contributed by atoms with Gasteiger partial charge in [-0.15, -0.1) is 0 Å². The van der Waals surface area contributed by atoms with Crippen molar-refractivity contribution in [2.45, 2.75) is 46.7 Å². The molecule has 0 spiro atoms. The fraction of sp³-hybridized carbons (Fsp3) is 0.706. The first-order chi connectivity index (χ1) is 9.95. The lowest BCUT2D eigenvalue weighted by molar-refractivity contribution is 0.551. The molecule has 0 aliphatic carbocycles. The summed E-state index contributed by atoms with van der Waals surface area (Å²) < 4.78 is 0. The van der Waals surface area contributed by atoms with Gasteiger partial charge in [-0.2, -0.15) is 11.8 Å². The number of anilines is 1. The summed E-state index contributed by atoms with van der Waals surface area (Å²) in [4.78, 5) is 6.99. The van der Waals surface area contributed by atoms with Crippen LogP contribution in [0.25, 0.3) is 0 Å². The van der Waals surface area contributed by atoms with Gasteiger partial charge in [0.2, 0.25) is 0 Å². The Balaban J connectivity index is 2.64. The Morgan fingerprint density at radius 1 is 1.33 bits per heavy atom. The molecule has 1 aromatic rings. The average Bonchev–Trinajstić information content (AvgIpc) is 2.43. The molecular formula is C17H31N3S. The second-order valence-corrected chi connectivity index (χ2v) is 7.24. The SMILES string of the molecule is CSCCC(C)N(C)c1ncc(CNCC(C)C)cc1C. The van der Waals surface area contributed by atoms with Gasteiger partial charge in [-0.05, 0) is 61.9 Å². The zero-order valence-corrected chi connectivity index (χ0v) is 15.3. The summed E-state index contributed by atoms with van der Waals surface area (Å²) in [6, 6.07) is 2.78. The molecule has 4 heteroatoms. The Labute approximate surface area is 134 Å². The van der Waals surface area contributed by atoms with E-state index in [0.29, 0.717) is 12.0 Å². The molecule has 0 aliphatic heterocycles. The normalized spacial score (nSPS) is 12.7. The van der Waals surface area contributed by atoms with E-state index in [0.717, 1.165) is 18.9 Å². The summed E-state index contributed by atoms with van der Waals surface area (Å²) in [5.41, 5.74) is 2.53. The Morgan fingerprint density at radius 2 is 2.05 bits per heavy atom. The van der Waals surface area contributed by atoms with Gasteiger partial charge < -0.3 is 10.2 Å². The molecule has 0 bridgehead atoms. The van der Waals surface area contributed by atoms with E-state index >= 15 is 0 Å². The molecule has 1 heterocycles. The van der Waals surface area contributed by atoms with Gasteiger partial charge in [0.1, 0.15) is 5.82 Å². The third kappa shape index (κ3) is 6.27. The lowest BCUT2D eigenvalue weighted by atomic mass is 10.1. The van der Waals surface area contributed by atoms with Crippen LogP contribution in [0.15, 0.2) is 12.3 Å². The third-order valence-electron chi connectivity index (χ3n) is 3.72. The second kappa shape index (κ2) is 9.31. The molecule has 0 saturated heterocycles. The summed E-state index contributed by atoms with van der Waals surface area (Å²) in [6.07, 6.45) is 5.36. The molecule has 0 saturated carbocycles. The molecule has 21 heavy (non-hydrogen) atoms. The maximum atomic E-state index is 4.68. The molecule has 0 aliphatic rings. The van der Waals surface area contributed by atoms with Gasteiger partial charge in [-0.25, -0.2) is 4.98 Å². The van der Waals surface area contributed by atoms with Crippen LogP contribution in [0.2, 0.25) is 0 Å². The molecule has 0 aromatic carbocycles. The Hall–Kier alpha value is -0.740. The van der Waals surface area contributed by atoms with Crippen LogP contribution in [0.5, 0.6) is 0 Å². The molecule has 1 unspecified atom stereocenters. The third-order valence-corrected chi connectivity index (χ3v) is 4.37. The van der Waals surface area contributed by atoms with E-state index < -0.39 is 0 Å². The van der Waals surface area contributed by atoms with Crippen LogP contribution in [0.3, 0.4) is 0 Å². The van der Waals surface area contributed by atoms with Gasteiger partial charge in [0.05, 0.1) is 0 Å². The van der Waals surface area contributed by atoms with Crippen LogP contribution in [-0.4, -0.2) is 36.6 Å². The molecule has 3 nitrogen and oxygen atoms in total. The predicted octanol–water partition coefficient (Wildman–Crippen LogP) is 3.71. The van der Waals surface area contributed by atoms with Crippen molar-refractivity contribution in [3.63, 3.8) is 0 Å². The zero-order chi connectivity index (χ0) is 15.8. The highest BCUT2D eigenvalue weighted by Gasteiger charge is 2.13. The largest absolute Gasteiger partial charge is 0.357 e. The van der Waals surface area contributed by atoms with Crippen molar-refractivity contribution in [1.29, 1.82) is 0 Å². The number of thioether (sulfide) groups is 1. The van der Waals surface area contributed by atoms with Crippen molar-refractivity contribution in [3.8, 4) is 0 Å². The molecule has 1 atom stereocenters. The van der Waals surface area contributed by atoms with Crippen molar-refractivity contribution in [3.05, 3.63) is 23.4 Å². The van der Waals surface area contributed by atoms with Gasteiger partial charge in [0.15, 0.2) is 0 Å². The number of nitrogens with one attached hydrogen (secondary N) is 1. The van der Waals surface area contributed by atoms with E-state index in [9.17, 15) is 0 Å². The van der Waals surface area contributed by atoms with Gasteiger partial charge in [-0.3, -0.25) is 0 Å². The van der Waals surface area contributed by atoms with Gasteiger partial charge >= 0.3 is 0 Å². The number of aromatic nitrogens is 1. The van der Waals surface area contributed by atoms with Crippen molar-refractivity contribution >= 4 is 17.6 Å². The summed E-state index contributed by atoms with van der Waals surface area (Å²) in [6.45, 7) is 10.8. The number of hydrogen-bond acceptors (Lipinski definition) is 4. The van der Waals surface area contributed by atoms with Gasteiger partial charge in [0, 0.05) is 25.8 Å². The minimum atomic E-state index is 0.522. The first-order valence-corrected chi connectivity index (χ1v) is 9.23. The van der Waals surface area contributed by atoms with Crippen LogP contribution in [0.1, 0.15) is 38.3 Å². The number of hydrogen-bond donors (Lipinski definition) is 1. The lowest BCUT2D eigenvalue weighted by Gasteiger charge is -2.27. The molecule has 1 aromatic heterocycles. The van der Waals surface area contributed by atoms with Gasteiger partial charge in [-0.1, -0.05) is 13.8 Å². The topological polar surface area (TPSA) is 28.2 Å². The van der Waals surface area contributed by atoms with E-state index in [1.54, 1.807) is 0 Å². The highest BCUT2D eigenvalue weighted by Crippen LogP contribution is 2.20. The number of nitrogens with zero attached hydrogens (tertiary/aromatic N) is 2. The molecular weight excluding hydrogens is 278 g/mol. The lowest BCUT2D eigenvalue weighted by Crippen LogP contribution is -2.30. The maximum Gasteiger partial charge on any atom is 0.131 e. The Bertz CT molecular complexity index is 420. The molecule has 1 rings (SSSR count). The molecule has 0 amide bonds. The number of pyridine rings is 1. The minimum Gasteiger partial charge on any atom is -0.357 e. The molecule has 0 radical (unpaired) electrons. The number of rotatable bonds is 9. The highest BCUT2D eigenvalue weighted by atomic mass is 32.2. The summed E-state index contributed by atoms with van der Waals surface area (Å²) in [5.74, 6) is 2.99. The fourth-order valence-corrected chi connectivity index (χ4v) is 2.86. The maximum absolute atomic E-state index is 4.68. The Morgan fingerprint density at radius 3 is 2.62 bits per heavy atom. The number of aryl methyl sites for hydroxylation is 1. The monoisotopic (exact) mass is 309 g/mol. The van der Waals surface area contributed by atoms with Crippen molar-refractivity contribution in [1.82, 2.24) is 10.3 Å². The van der Waals surface area contributed by atoms with Crippen molar-refractivity contribution in [2.75, 3.05) is 30.5 Å².